The smallest absolute Gasteiger partial charge is 0.254 e. The van der Waals surface area contributed by atoms with Gasteiger partial charge in [-0.15, -0.1) is 0 Å². The fraction of sp³-hybridized carbons (Fsp3) is 0.208. The lowest BCUT2D eigenvalue weighted by atomic mass is 9.96. The number of fused-ring (bicyclic) bond motifs is 1. The van der Waals surface area contributed by atoms with Gasteiger partial charge < -0.3 is 11.1 Å². The monoisotopic (exact) mass is 399 g/mol. The van der Waals surface area contributed by atoms with Crippen LogP contribution in [0.5, 0.6) is 0 Å². The van der Waals surface area contributed by atoms with Crippen LogP contribution in [0.2, 0.25) is 0 Å². The van der Waals surface area contributed by atoms with Crippen LogP contribution in [0.3, 0.4) is 0 Å². The Morgan fingerprint density at radius 2 is 1.87 bits per heavy atom. The number of hydrogen-bond acceptors (Lipinski definition) is 4. The molecule has 0 saturated heterocycles. The van der Waals surface area contributed by atoms with E-state index in [4.69, 9.17) is 5.73 Å². The van der Waals surface area contributed by atoms with Crippen molar-refractivity contribution in [2.24, 2.45) is 0 Å². The van der Waals surface area contributed by atoms with Gasteiger partial charge in [0.1, 0.15) is 5.82 Å². The number of pyridine rings is 1. The first-order valence-corrected chi connectivity index (χ1v) is 9.92. The van der Waals surface area contributed by atoms with Crippen LogP contribution in [-0.4, -0.2) is 20.7 Å². The molecular weight excluding hydrogens is 374 g/mol. The van der Waals surface area contributed by atoms with Gasteiger partial charge in [-0.05, 0) is 60.5 Å². The Kier molecular flexibility index (Phi) is 5.23. The number of aryl methyl sites for hydroxylation is 3. The van der Waals surface area contributed by atoms with Crippen molar-refractivity contribution in [3.8, 4) is 0 Å². The Labute approximate surface area is 175 Å². The van der Waals surface area contributed by atoms with E-state index in [9.17, 15) is 4.79 Å². The normalized spacial score (nSPS) is 11.0. The zero-order valence-corrected chi connectivity index (χ0v) is 17.4. The first kappa shape index (κ1) is 19.6. The minimum atomic E-state index is -0.140. The fourth-order valence-corrected chi connectivity index (χ4v) is 3.72. The molecule has 0 fully saturated rings. The number of nitrogens with zero attached hydrogens (tertiary/aromatic N) is 3. The highest BCUT2D eigenvalue weighted by atomic mass is 16.1. The molecule has 0 aliphatic rings. The molecule has 2 aromatic carbocycles. The maximum atomic E-state index is 12.7. The molecule has 2 heterocycles. The number of carbonyl (C=O) groups excluding carboxylic acids is 1. The number of carbonyl (C=O) groups is 1. The number of rotatable bonds is 5. The molecule has 3 N–H and O–H groups in total. The van der Waals surface area contributed by atoms with Gasteiger partial charge in [0.05, 0.1) is 18.3 Å². The molecule has 0 spiro atoms. The minimum absolute atomic E-state index is 0.140. The summed E-state index contributed by atoms with van der Waals surface area (Å²) < 4.78 is 1.78. The van der Waals surface area contributed by atoms with E-state index in [1.807, 2.05) is 19.1 Å². The summed E-state index contributed by atoms with van der Waals surface area (Å²) in [5, 5.41) is 9.36. The number of aromatic nitrogens is 3. The lowest BCUT2D eigenvalue weighted by Gasteiger charge is -2.14. The molecule has 0 aliphatic carbocycles. The molecule has 0 radical (unpaired) electrons. The molecule has 0 unspecified atom stereocenters. The largest absolute Gasteiger partial charge is 0.383 e. The molecule has 1 amide bonds. The van der Waals surface area contributed by atoms with Crippen molar-refractivity contribution in [3.05, 3.63) is 88.4 Å². The molecule has 4 aromatic rings. The average molecular weight is 399 g/mol. The number of nitrogens with two attached hydrogens (primary N) is 1. The van der Waals surface area contributed by atoms with Crippen molar-refractivity contribution in [3.63, 3.8) is 0 Å². The van der Waals surface area contributed by atoms with E-state index in [2.05, 4.69) is 53.5 Å². The SMILES string of the molecule is Cc1ccc(Cn2cc(C(=O)NCc3c(C)cc4c(N)nccc4c3C)cn2)cc1. The van der Waals surface area contributed by atoms with Gasteiger partial charge in [-0.2, -0.15) is 5.10 Å². The third-order valence-electron chi connectivity index (χ3n) is 5.50. The van der Waals surface area contributed by atoms with Gasteiger partial charge in [0.2, 0.25) is 0 Å². The predicted molar refractivity (Wildman–Crippen MR) is 119 cm³/mol. The minimum Gasteiger partial charge on any atom is -0.383 e. The lowest BCUT2D eigenvalue weighted by molar-refractivity contribution is 0.0950. The van der Waals surface area contributed by atoms with Crippen LogP contribution in [0.15, 0.2) is 55.0 Å². The van der Waals surface area contributed by atoms with E-state index in [-0.39, 0.29) is 5.91 Å². The first-order valence-electron chi connectivity index (χ1n) is 9.92. The molecule has 0 saturated carbocycles. The third kappa shape index (κ3) is 3.89. The van der Waals surface area contributed by atoms with Gasteiger partial charge in [0.25, 0.3) is 5.91 Å². The maximum absolute atomic E-state index is 12.7. The van der Waals surface area contributed by atoms with Crippen LogP contribution in [0.1, 0.15) is 38.2 Å². The third-order valence-corrected chi connectivity index (χ3v) is 5.50. The molecule has 4 rings (SSSR count). The van der Waals surface area contributed by atoms with Crippen molar-refractivity contribution in [1.29, 1.82) is 0 Å². The number of benzene rings is 2. The summed E-state index contributed by atoms with van der Waals surface area (Å²) in [5.41, 5.74) is 12.2. The molecule has 0 aliphatic heterocycles. The Balaban J connectivity index is 1.48. The molecule has 6 heteroatoms. The molecule has 0 atom stereocenters. The van der Waals surface area contributed by atoms with E-state index in [0.717, 1.165) is 33.0 Å². The Morgan fingerprint density at radius 1 is 1.10 bits per heavy atom. The summed E-state index contributed by atoms with van der Waals surface area (Å²) in [5.74, 6) is 0.383. The summed E-state index contributed by atoms with van der Waals surface area (Å²) >= 11 is 0. The number of amides is 1. The highest BCUT2D eigenvalue weighted by molar-refractivity contribution is 5.95. The maximum Gasteiger partial charge on any atom is 0.254 e. The van der Waals surface area contributed by atoms with Crippen LogP contribution < -0.4 is 11.1 Å². The topological polar surface area (TPSA) is 85.8 Å². The lowest BCUT2D eigenvalue weighted by Crippen LogP contribution is -2.23. The number of nitrogens with one attached hydrogen (secondary N) is 1. The quantitative estimate of drug-likeness (QED) is 0.533. The van der Waals surface area contributed by atoms with Crippen LogP contribution in [0.25, 0.3) is 10.8 Å². The molecule has 0 bridgehead atoms. The molecule has 152 valence electrons. The number of anilines is 1. The number of hydrogen-bond donors (Lipinski definition) is 2. The van der Waals surface area contributed by atoms with Crippen LogP contribution >= 0.6 is 0 Å². The highest BCUT2D eigenvalue weighted by Gasteiger charge is 2.13. The molecular formula is C24H25N5O. The van der Waals surface area contributed by atoms with Crippen molar-refractivity contribution in [2.45, 2.75) is 33.9 Å². The van der Waals surface area contributed by atoms with Crippen molar-refractivity contribution >= 4 is 22.5 Å². The second-order valence-corrected chi connectivity index (χ2v) is 7.68. The average Bonchev–Trinajstić information content (AvgIpc) is 3.19. The van der Waals surface area contributed by atoms with E-state index < -0.39 is 0 Å². The summed E-state index contributed by atoms with van der Waals surface area (Å²) in [6.45, 7) is 7.21. The Morgan fingerprint density at radius 3 is 2.63 bits per heavy atom. The predicted octanol–water partition coefficient (Wildman–Crippen LogP) is 3.92. The van der Waals surface area contributed by atoms with Gasteiger partial charge >= 0.3 is 0 Å². The molecule has 6 nitrogen and oxygen atoms in total. The van der Waals surface area contributed by atoms with Crippen molar-refractivity contribution in [2.75, 3.05) is 5.73 Å². The van der Waals surface area contributed by atoms with E-state index in [1.165, 1.54) is 5.56 Å². The van der Waals surface area contributed by atoms with Gasteiger partial charge in [0.15, 0.2) is 0 Å². The molecule has 2 aromatic heterocycles. The Bertz CT molecular complexity index is 1220. The zero-order valence-electron chi connectivity index (χ0n) is 17.4. The standard InChI is InChI=1S/C24H25N5O/c1-15-4-6-18(7-5-15)13-29-14-19(11-28-29)24(30)27-12-22-16(2)10-21-20(17(22)3)8-9-26-23(21)25/h4-11,14H,12-13H2,1-3H3,(H2,25,26)(H,27,30). The summed E-state index contributed by atoms with van der Waals surface area (Å²) in [6, 6.07) is 12.3. The van der Waals surface area contributed by atoms with E-state index >= 15 is 0 Å². The fourth-order valence-electron chi connectivity index (χ4n) is 3.72. The van der Waals surface area contributed by atoms with Gasteiger partial charge in [-0.1, -0.05) is 29.8 Å². The second kappa shape index (κ2) is 7.99. The van der Waals surface area contributed by atoms with Gasteiger partial charge in [0, 0.05) is 24.3 Å². The van der Waals surface area contributed by atoms with E-state index in [1.54, 1.807) is 23.3 Å². The summed E-state index contributed by atoms with van der Waals surface area (Å²) in [7, 11) is 0. The van der Waals surface area contributed by atoms with Crippen LogP contribution in [0.4, 0.5) is 5.82 Å². The zero-order chi connectivity index (χ0) is 21.3. The number of nitrogen functional groups attached to an aromatic ring is 1. The second-order valence-electron chi connectivity index (χ2n) is 7.68. The Hall–Kier alpha value is -3.67. The highest BCUT2D eigenvalue weighted by Crippen LogP contribution is 2.27. The van der Waals surface area contributed by atoms with Gasteiger partial charge in [-0.3, -0.25) is 9.48 Å². The van der Waals surface area contributed by atoms with Crippen molar-refractivity contribution in [1.82, 2.24) is 20.1 Å². The summed E-state index contributed by atoms with van der Waals surface area (Å²) in [4.78, 5) is 16.8. The van der Waals surface area contributed by atoms with Crippen LogP contribution in [0, 0.1) is 20.8 Å². The summed E-state index contributed by atoms with van der Waals surface area (Å²) in [6.07, 6.45) is 5.10. The first-order chi connectivity index (χ1) is 14.4. The van der Waals surface area contributed by atoms with Gasteiger partial charge in [-0.25, -0.2) is 4.98 Å². The molecule has 30 heavy (non-hydrogen) atoms. The van der Waals surface area contributed by atoms with Crippen molar-refractivity contribution < 1.29 is 4.79 Å². The van der Waals surface area contributed by atoms with E-state index in [0.29, 0.717) is 24.5 Å². The van der Waals surface area contributed by atoms with Crippen LogP contribution in [-0.2, 0) is 13.1 Å².